The van der Waals surface area contributed by atoms with E-state index in [2.05, 4.69) is 5.32 Å². The first-order chi connectivity index (χ1) is 11.2. The molecule has 0 spiro atoms. The lowest BCUT2D eigenvalue weighted by Crippen LogP contribution is -2.43. The summed E-state index contributed by atoms with van der Waals surface area (Å²) in [5, 5.41) is 2.78. The van der Waals surface area contributed by atoms with Crippen molar-refractivity contribution in [1.82, 2.24) is 5.32 Å². The molecule has 0 radical (unpaired) electrons. The molecule has 0 saturated heterocycles. The molecule has 2 aromatic carbocycles. The lowest BCUT2D eigenvalue weighted by Gasteiger charge is -2.11. The second-order valence-corrected chi connectivity index (χ2v) is 5.20. The molecule has 0 heterocycles. The van der Waals surface area contributed by atoms with Crippen molar-refractivity contribution < 1.29 is 14.3 Å². The van der Waals surface area contributed by atoms with E-state index >= 15 is 0 Å². The maximum absolute atomic E-state index is 11.7. The number of rotatable bonds is 8. The van der Waals surface area contributed by atoms with Gasteiger partial charge in [0.15, 0.2) is 0 Å². The molecule has 1 atom stereocenters. The monoisotopic (exact) mass is 314 g/mol. The van der Waals surface area contributed by atoms with Crippen LogP contribution in [0.25, 0.3) is 0 Å². The van der Waals surface area contributed by atoms with Gasteiger partial charge in [-0.05, 0) is 23.3 Å². The van der Waals surface area contributed by atoms with Crippen molar-refractivity contribution in [3.05, 3.63) is 65.7 Å². The number of amides is 1. The van der Waals surface area contributed by atoms with Gasteiger partial charge in [0, 0.05) is 13.7 Å². The van der Waals surface area contributed by atoms with Crippen LogP contribution in [0.4, 0.5) is 0 Å². The summed E-state index contributed by atoms with van der Waals surface area (Å²) in [5.74, 6) is 0.566. The van der Waals surface area contributed by atoms with Crippen molar-refractivity contribution in [1.29, 1.82) is 0 Å². The third-order valence-electron chi connectivity index (χ3n) is 3.32. The van der Waals surface area contributed by atoms with Crippen molar-refractivity contribution in [3.8, 4) is 5.75 Å². The molecule has 2 rings (SSSR count). The molecule has 0 aromatic heterocycles. The second-order valence-electron chi connectivity index (χ2n) is 5.20. The van der Waals surface area contributed by atoms with Crippen LogP contribution in [0, 0.1) is 0 Å². The van der Waals surface area contributed by atoms with Crippen LogP contribution in [0.1, 0.15) is 11.1 Å². The zero-order valence-electron chi connectivity index (χ0n) is 13.2. The molecular weight excluding hydrogens is 292 g/mol. The van der Waals surface area contributed by atoms with Crippen LogP contribution in [-0.4, -0.2) is 25.7 Å². The number of hydrogen-bond acceptors (Lipinski definition) is 4. The first-order valence-corrected chi connectivity index (χ1v) is 7.47. The highest BCUT2D eigenvalue weighted by Crippen LogP contribution is 2.14. The molecule has 0 aliphatic heterocycles. The molecule has 0 aliphatic rings. The number of benzene rings is 2. The zero-order valence-corrected chi connectivity index (χ0v) is 13.2. The summed E-state index contributed by atoms with van der Waals surface area (Å²) in [4.78, 5) is 11.7. The first-order valence-electron chi connectivity index (χ1n) is 7.47. The van der Waals surface area contributed by atoms with Crippen molar-refractivity contribution >= 4 is 5.91 Å². The Morgan fingerprint density at radius 2 is 1.78 bits per heavy atom. The number of carbonyl (C=O) groups is 1. The number of carbonyl (C=O) groups excluding carboxylic acids is 1. The Morgan fingerprint density at radius 3 is 2.43 bits per heavy atom. The zero-order chi connectivity index (χ0) is 16.5. The Bertz CT molecular complexity index is 599. The topological polar surface area (TPSA) is 73.6 Å². The van der Waals surface area contributed by atoms with Crippen LogP contribution >= 0.6 is 0 Å². The van der Waals surface area contributed by atoms with Crippen molar-refractivity contribution in [2.24, 2.45) is 5.73 Å². The van der Waals surface area contributed by atoms with E-state index in [1.165, 1.54) is 7.11 Å². The molecule has 0 bridgehead atoms. The van der Waals surface area contributed by atoms with E-state index in [9.17, 15) is 4.79 Å². The highest BCUT2D eigenvalue weighted by atomic mass is 16.5. The molecular formula is C18H22N2O3. The maximum atomic E-state index is 11.7. The number of ether oxygens (including phenoxy) is 2. The lowest BCUT2D eigenvalue weighted by molar-refractivity contribution is -0.123. The number of hydrogen-bond donors (Lipinski definition) is 2. The molecule has 0 saturated carbocycles. The minimum Gasteiger partial charge on any atom is -0.489 e. The summed E-state index contributed by atoms with van der Waals surface area (Å²) in [6.45, 7) is 1.16. The van der Waals surface area contributed by atoms with Gasteiger partial charge in [-0.15, -0.1) is 0 Å². The lowest BCUT2D eigenvalue weighted by atomic mass is 10.2. The predicted molar refractivity (Wildman–Crippen MR) is 88.9 cm³/mol. The summed E-state index contributed by atoms with van der Waals surface area (Å²) in [5.41, 5.74) is 7.76. The van der Waals surface area contributed by atoms with Gasteiger partial charge in [0.05, 0.1) is 6.61 Å². The van der Waals surface area contributed by atoms with E-state index < -0.39 is 6.04 Å². The summed E-state index contributed by atoms with van der Waals surface area (Å²) < 4.78 is 10.6. The predicted octanol–water partition coefficient (Wildman–Crippen LogP) is 1.86. The summed E-state index contributed by atoms with van der Waals surface area (Å²) in [6.07, 6.45) is 0. The molecule has 1 unspecified atom stereocenters. The molecule has 5 heteroatoms. The van der Waals surface area contributed by atoms with Gasteiger partial charge in [-0.25, -0.2) is 0 Å². The molecule has 1 amide bonds. The first kappa shape index (κ1) is 17.0. The van der Waals surface area contributed by atoms with Crippen LogP contribution in [0.2, 0.25) is 0 Å². The standard InChI is InChI=1S/C18H22N2O3/c1-22-13-17(19)18(21)20-11-14-7-9-16(10-8-14)23-12-15-5-3-2-4-6-15/h2-10,17H,11-13,19H2,1H3,(H,20,21). The molecule has 122 valence electrons. The van der Waals surface area contributed by atoms with Gasteiger partial charge in [0.2, 0.25) is 5.91 Å². The molecule has 5 nitrogen and oxygen atoms in total. The molecule has 0 fully saturated rings. The highest BCUT2D eigenvalue weighted by molar-refractivity contribution is 5.81. The Kier molecular flexibility index (Phi) is 6.59. The van der Waals surface area contributed by atoms with Crippen LogP contribution in [0.3, 0.4) is 0 Å². The summed E-state index contributed by atoms with van der Waals surface area (Å²) in [7, 11) is 1.52. The van der Waals surface area contributed by atoms with Crippen LogP contribution < -0.4 is 15.8 Å². The van der Waals surface area contributed by atoms with Gasteiger partial charge in [-0.3, -0.25) is 4.79 Å². The van der Waals surface area contributed by atoms with Crippen molar-refractivity contribution in [2.45, 2.75) is 19.2 Å². The van der Waals surface area contributed by atoms with Gasteiger partial charge in [-0.2, -0.15) is 0 Å². The molecule has 0 aliphatic carbocycles. The second kappa shape index (κ2) is 8.92. The van der Waals surface area contributed by atoms with E-state index in [0.29, 0.717) is 13.2 Å². The number of methoxy groups -OCH3 is 1. The number of nitrogens with two attached hydrogens (primary N) is 1. The van der Waals surface area contributed by atoms with Crippen LogP contribution in [-0.2, 0) is 22.7 Å². The summed E-state index contributed by atoms with van der Waals surface area (Å²) >= 11 is 0. The van der Waals surface area contributed by atoms with E-state index in [4.69, 9.17) is 15.2 Å². The van der Waals surface area contributed by atoms with Gasteiger partial charge < -0.3 is 20.5 Å². The Balaban J connectivity index is 1.79. The van der Waals surface area contributed by atoms with Gasteiger partial charge in [-0.1, -0.05) is 42.5 Å². The van der Waals surface area contributed by atoms with E-state index in [-0.39, 0.29) is 12.5 Å². The fourth-order valence-corrected chi connectivity index (χ4v) is 2.02. The largest absolute Gasteiger partial charge is 0.489 e. The molecule has 3 N–H and O–H groups in total. The third kappa shape index (κ3) is 5.73. The van der Waals surface area contributed by atoms with E-state index in [0.717, 1.165) is 16.9 Å². The molecule has 23 heavy (non-hydrogen) atoms. The van der Waals surface area contributed by atoms with Gasteiger partial charge in [0.1, 0.15) is 18.4 Å². The van der Waals surface area contributed by atoms with Crippen LogP contribution in [0.15, 0.2) is 54.6 Å². The Hall–Kier alpha value is -2.37. The smallest absolute Gasteiger partial charge is 0.239 e. The summed E-state index contributed by atoms with van der Waals surface area (Å²) in [6, 6.07) is 17.0. The van der Waals surface area contributed by atoms with Gasteiger partial charge >= 0.3 is 0 Å². The fraction of sp³-hybridized carbons (Fsp3) is 0.278. The Labute approximate surface area is 136 Å². The minimum absolute atomic E-state index is 0.206. The fourth-order valence-electron chi connectivity index (χ4n) is 2.02. The maximum Gasteiger partial charge on any atom is 0.239 e. The van der Waals surface area contributed by atoms with E-state index in [1.807, 2.05) is 54.6 Å². The number of nitrogens with one attached hydrogen (secondary N) is 1. The van der Waals surface area contributed by atoms with Crippen LogP contribution in [0.5, 0.6) is 5.75 Å². The van der Waals surface area contributed by atoms with Crippen molar-refractivity contribution in [3.63, 3.8) is 0 Å². The third-order valence-corrected chi connectivity index (χ3v) is 3.32. The van der Waals surface area contributed by atoms with Crippen molar-refractivity contribution in [2.75, 3.05) is 13.7 Å². The Morgan fingerprint density at radius 1 is 1.09 bits per heavy atom. The highest BCUT2D eigenvalue weighted by Gasteiger charge is 2.12. The minimum atomic E-state index is -0.645. The normalized spacial score (nSPS) is 11.7. The SMILES string of the molecule is COCC(N)C(=O)NCc1ccc(OCc2ccccc2)cc1. The van der Waals surface area contributed by atoms with Gasteiger partial charge in [0.25, 0.3) is 0 Å². The average molecular weight is 314 g/mol. The quantitative estimate of drug-likeness (QED) is 0.780. The van der Waals surface area contributed by atoms with E-state index in [1.54, 1.807) is 0 Å². The molecule has 2 aromatic rings. The average Bonchev–Trinajstić information content (AvgIpc) is 2.60.